The van der Waals surface area contributed by atoms with Crippen molar-refractivity contribution in [3.8, 4) is 5.75 Å². The molecule has 3 rings (SSSR count). The summed E-state index contributed by atoms with van der Waals surface area (Å²) in [4.78, 5) is 12.6. The summed E-state index contributed by atoms with van der Waals surface area (Å²) in [6, 6.07) is 15.2. The van der Waals surface area contributed by atoms with Crippen molar-refractivity contribution < 1.29 is 9.53 Å². The number of nitrogens with zero attached hydrogens (tertiary/aromatic N) is 2. The van der Waals surface area contributed by atoms with Gasteiger partial charge in [0.15, 0.2) is 0 Å². The highest BCUT2D eigenvalue weighted by molar-refractivity contribution is 6.33. The molecule has 1 N–H and O–H groups in total. The van der Waals surface area contributed by atoms with Crippen LogP contribution in [0.3, 0.4) is 0 Å². The summed E-state index contributed by atoms with van der Waals surface area (Å²) in [6.45, 7) is 4.33. The second-order valence-corrected chi connectivity index (χ2v) is 6.44. The highest BCUT2D eigenvalue weighted by Gasteiger charge is 2.20. The van der Waals surface area contributed by atoms with E-state index in [4.69, 9.17) is 16.3 Å². The zero-order chi connectivity index (χ0) is 18.7. The van der Waals surface area contributed by atoms with E-state index in [1.165, 1.54) is 5.56 Å². The number of rotatable bonds is 5. The van der Waals surface area contributed by atoms with E-state index < -0.39 is 0 Å². The van der Waals surface area contributed by atoms with Gasteiger partial charge in [-0.1, -0.05) is 41.4 Å². The van der Waals surface area contributed by atoms with Crippen LogP contribution in [0.1, 0.15) is 27.2 Å². The van der Waals surface area contributed by atoms with Gasteiger partial charge in [-0.3, -0.25) is 4.79 Å². The molecule has 1 heterocycles. The topological polar surface area (TPSA) is 56.1 Å². The van der Waals surface area contributed by atoms with Crippen molar-refractivity contribution in [2.45, 2.75) is 20.4 Å². The van der Waals surface area contributed by atoms with E-state index in [0.717, 1.165) is 11.3 Å². The predicted molar refractivity (Wildman–Crippen MR) is 103 cm³/mol. The summed E-state index contributed by atoms with van der Waals surface area (Å²) >= 11 is 6.44. The first-order valence-electron chi connectivity index (χ1n) is 8.22. The third-order valence-corrected chi connectivity index (χ3v) is 4.48. The van der Waals surface area contributed by atoms with Crippen LogP contribution in [0.5, 0.6) is 5.75 Å². The van der Waals surface area contributed by atoms with Crippen LogP contribution in [-0.4, -0.2) is 22.8 Å². The molecule has 0 aliphatic heterocycles. The van der Waals surface area contributed by atoms with Crippen LogP contribution in [0, 0.1) is 13.8 Å². The van der Waals surface area contributed by atoms with Gasteiger partial charge < -0.3 is 10.1 Å². The molecule has 3 aromatic rings. The zero-order valence-electron chi connectivity index (χ0n) is 14.9. The lowest BCUT2D eigenvalue weighted by molar-refractivity contribution is 0.102. The minimum atomic E-state index is -0.284. The molecule has 0 unspecified atom stereocenters. The molecule has 0 fully saturated rings. The monoisotopic (exact) mass is 369 g/mol. The molecular formula is C20H20ClN3O2. The van der Waals surface area contributed by atoms with Crippen molar-refractivity contribution >= 4 is 23.2 Å². The first kappa shape index (κ1) is 18.0. The van der Waals surface area contributed by atoms with Crippen molar-refractivity contribution in [2.24, 2.45) is 0 Å². The predicted octanol–water partition coefficient (Wildman–Crippen LogP) is 4.46. The number of hydrogen-bond acceptors (Lipinski definition) is 3. The molecular weight excluding hydrogens is 350 g/mol. The van der Waals surface area contributed by atoms with Crippen molar-refractivity contribution in [3.05, 3.63) is 76.1 Å². The first-order valence-corrected chi connectivity index (χ1v) is 8.59. The number of aryl methyl sites for hydroxylation is 2. The van der Waals surface area contributed by atoms with Crippen LogP contribution >= 0.6 is 11.6 Å². The van der Waals surface area contributed by atoms with E-state index in [1.54, 1.807) is 43.0 Å². The summed E-state index contributed by atoms with van der Waals surface area (Å²) in [5.41, 5.74) is 3.90. The summed E-state index contributed by atoms with van der Waals surface area (Å²) < 4.78 is 6.76. The van der Waals surface area contributed by atoms with Crippen LogP contribution < -0.4 is 10.1 Å². The second kappa shape index (κ2) is 7.62. The fourth-order valence-electron chi connectivity index (χ4n) is 2.65. The zero-order valence-corrected chi connectivity index (χ0v) is 15.7. The molecule has 2 aromatic carbocycles. The number of halogens is 1. The van der Waals surface area contributed by atoms with Gasteiger partial charge in [-0.2, -0.15) is 5.10 Å². The van der Waals surface area contributed by atoms with Gasteiger partial charge in [0, 0.05) is 5.69 Å². The average Bonchev–Trinajstić information content (AvgIpc) is 2.91. The van der Waals surface area contributed by atoms with Crippen molar-refractivity contribution in [2.75, 3.05) is 12.4 Å². The van der Waals surface area contributed by atoms with Crippen molar-refractivity contribution in [1.82, 2.24) is 9.78 Å². The number of aromatic nitrogens is 2. The number of hydrogen-bond donors (Lipinski definition) is 1. The Hall–Kier alpha value is -2.79. The summed E-state index contributed by atoms with van der Waals surface area (Å²) in [5, 5.41) is 7.59. The van der Waals surface area contributed by atoms with Crippen LogP contribution in [0.25, 0.3) is 0 Å². The number of nitrogens with one attached hydrogen (secondary N) is 1. The molecule has 26 heavy (non-hydrogen) atoms. The molecule has 0 spiro atoms. The molecule has 1 aromatic heterocycles. The standard InChI is InChI=1S/C20H20ClN3O2/c1-13-4-6-15(7-5-13)12-24-19(21)18(14(2)23-24)20(25)22-16-8-10-17(26-3)11-9-16/h4-11H,12H2,1-3H3,(H,22,25). The maximum Gasteiger partial charge on any atom is 0.260 e. The minimum Gasteiger partial charge on any atom is -0.497 e. The smallest absolute Gasteiger partial charge is 0.260 e. The third-order valence-electron chi connectivity index (χ3n) is 4.09. The first-order chi connectivity index (χ1) is 12.5. The lowest BCUT2D eigenvalue weighted by Crippen LogP contribution is -2.13. The number of anilines is 1. The quantitative estimate of drug-likeness (QED) is 0.722. The van der Waals surface area contributed by atoms with E-state index in [2.05, 4.69) is 10.4 Å². The Labute approximate surface area is 157 Å². The van der Waals surface area contributed by atoms with Gasteiger partial charge in [0.05, 0.1) is 24.9 Å². The Kier molecular flexibility index (Phi) is 5.28. The molecule has 0 bridgehead atoms. The van der Waals surface area contributed by atoms with Crippen LogP contribution in [0.15, 0.2) is 48.5 Å². The summed E-state index contributed by atoms with van der Waals surface area (Å²) in [7, 11) is 1.60. The third kappa shape index (κ3) is 3.89. The van der Waals surface area contributed by atoms with Gasteiger partial charge in [0.1, 0.15) is 10.9 Å². The lowest BCUT2D eigenvalue weighted by Gasteiger charge is -2.07. The molecule has 134 valence electrons. The van der Waals surface area contributed by atoms with E-state index in [1.807, 2.05) is 31.2 Å². The van der Waals surface area contributed by atoms with Gasteiger partial charge in [-0.15, -0.1) is 0 Å². The maximum atomic E-state index is 12.6. The Morgan fingerprint density at radius 1 is 1.12 bits per heavy atom. The normalized spacial score (nSPS) is 10.6. The Morgan fingerprint density at radius 2 is 1.77 bits per heavy atom. The van der Waals surface area contributed by atoms with E-state index in [0.29, 0.717) is 28.6 Å². The van der Waals surface area contributed by atoms with E-state index in [9.17, 15) is 4.79 Å². The SMILES string of the molecule is COc1ccc(NC(=O)c2c(C)nn(Cc3ccc(C)cc3)c2Cl)cc1. The van der Waals surface area contributed by atoms with Crippen molar-refractivity contribution in [3.63, 3.8) is 0 Å². The Balaban J connectivity index is 1.79. The average molecular weight is 370 g/mol. The Morgan fingerprint density at radius 3 is 2.38 bits per heavy atom. The summed E-state index contributed by atoms with van der Waals surface area (Å²) in [6.07, 6.45) is 0. The van der Waals surface area contributed by atoms with Gasteiger partial charge >= 0.3 is 0 Å². The molecule has 0 radical (unpaired) electrons. The summed E-state index contributed by atoms with van der Waals surface area (Å²) in [5.74, 6) is 0.441. The molecule has 6 heteroatoms. The molecule has 0 atom stereocenters. The van der Waals surface area contributed by atoms with Crippen LogP contribution in [0.4, 0.5) is 5.69 Å². The van der Waals surface area contributed by atoms with Crippen molar-refractivity contribution in [1.29, 1.82) is 0 Å². The van der Waals surface area contributed by atoms with E-state index in [-0.39, 0.29) is 5.91 Å². The lowest BCUT2D eigenvalue weighted by atomic mass is 10.1. The highest BCUT2D eigenvalue weighted by atomic mass is 35.5. The number of benzene rings is 2. The maximum absolute atomic E-state index is 12.6. The molecule has 0 aliphatic rings. The highest BCUT2D eigenvalue weighted by Crippen LogP contribution is 2.23. The molecule has 0 saturated carbocycles. The van der Waals surface area contributed by atoms with Gasteiger partial charge in [-0.05, 0) is 43.7 Å². The Bertz CT molecular complexity index is 915. The number of amides is 1. The van der Waals surface area contributed by atoms with E-state index >= 15 is 0 Å². The van der Waals surface area contributed by atoms with Crippen LogP contribution in [0.2, 0.25) is 5.15 Å². The molecule has 1 amide bonds. The fourth-order valence-corrected chi connectivity index (χ4v) is 2.97. The number of carbonyl (C=O) groups is 1. The van der Waals surface area contributed by atoms with Crippen LogP contribution in [-0.2, 0) is 6.54 Å². The number of ether oxygens (including phenoxy) is 1. The molecule has 0 saturated heterocycles. The minimum absolute atomic E-state index is 0.284. The van der Waals surface area contributed by atoms with Gasteiger partial charge in [0.25, 0.3) is 5.91 Å². The molecule has 5 nitrogen and oxygen atoms in total. The molecule has 0 aliphatic carbocycles. The van der Waals surface area contributed by atoms with Gasteiger partial charge in [0.2, 0.25) is 0 Å². The second-order valence-electron chi connectivity index (χ2n) is 6.08. The van der Waals surface area contributed by atoms with Gasteiger partial charge in [-0.25, -0.2) is 4.68 Å². The fraction of sp³-hybridized carbons (Fsp3) is 0.200. The number of methoxy groups -OCH3 is 1. The number of carbonyl (C=O) groups excluding carboxylic acids is 1. The largest absolute Gasteiger partial charge is 0.497 e.